The van der Waals surface area contributed by atoms with E-state index >= 15 is 0 Å². The van der Waals surface area contributed by atoms with Crippen LogP contribution < -0.4 is 5.73 Å². The molecule has 2 aromatic heterocycles. The third kappa shape index (κ3) is 1.56. The predicted octanol–water partition coefficient (Wildman–Crippen LogP) is 2.49. The molecule has 0 atom stereocenters. The summed E-state index contributed by atoms with van der Waals surface area (Å²) < 4.78 is 5.19. The van der Waals surface area contributed by atoms with E-state index in [9.17, 15) is 0 Å². The standard InChI is InChI=1S/C11H15N3O/c1-4-7-5-8(12)9-10(6(2)3)14-15-11(9)13-7/h5-6H,4H2,1-3H3,(H2,12,13). The molecular formula is C11H15N3O. The Morgan fingerprint density at radius 1 is 1.47 bits per heavy atom. The maximum Gasteiger partial charge on any atom is 0.260 e. The summed E-state index contributed by atoms with van der Waals surface area (Å²) in [7, 11) is 0. The van der Waals surface area contributed by atoms with Crippen LogP contribution in [0.5, 0.6) is 0 Å². The van der Waals surface area contributed by atoms with E-state index < -0.39 is 0 Å². The summed E-state index contributed by atoms with van der Waals surface area (Å²) in [5, 5.41) is 4.88. The number of rotatable bonds is 2. The van der Waals surface area contributed by atoms with Crippen molar-refractivity contribution in [3.8, 4) is 0 Å². The second-order valence-corrected chi connectivity index (χ2v) is 3.96. The molecule has 0 aliphatic carbocycles. The molecule has 2 N–H and O–H groups in total. The Morgan fingerprint density at radius 3 is 2.80 bits per heavy atom. The van der Waals surface area contributed by atoms with Crippen molar-refractivity contribution in [1.82, 2.24) is 10.1 Å². The summed E-state index contributed by atoms with van der Waals surface area (Å²) in [4.78, 5) is 4.35. The Morgan fingerprint density at radius 2 is 2.20 bits per heavy atom. The molecule has 4 heteroatoms. The van der Waals surface area contributed by atoms with Gasteiger partial charge < -0.3 is 10.3 Å². The Bertz CT molecular complexity index is 488. The van der Waals surface area contributed by atoms with Gasteiger partial charge >= 0.3 is 0 Å². The molecule has 2 heterocycles. The van der Waals surface area contributed by atoms with Gasteiger partial charge in [-0.3, -0.25) is 0 Å². The minimum absolute atomic E-state index is 0.294. The Balaban J connectivity index is 2.71. The molecule has 0 bridgehead atoms. The predicted molar refractivity (Wildman–Crippen MR) is 59.7 cm³/mol. The summed E-state index contributed by atoms with van der Waals surface area (Å²) in [6.45, 7) is 6.16. The van der Waals surface area contributed by atoms with Crippen molar-refractivity contribution >= 4 is 16.8 Å². The minimum atomic E-state index is 0.294. The summed E-state index contributed by atoms with van der Waals surface area (Å²) in [6, 6.07) is 1.89. The molecule has 0 saturated carbocycles. The van der Waals surface area contributed by atoms with E-state index in [1.165, 1.54) is 0 Å². The van der Waals surface area contributed by atoms with Crippen LogP contribution in [0.3, 0.4) is 0 Å². The normalized spacial score (nSPS) is 11.5. The van der Waals surface area contributed by atoms with Gasteiger partial charge in [0.15, 0.2) is 0 Å². The molecule has 0 amide bonds. The first kappa shape index (κ1) is 9.96. The lowest BCUT2D eigenvalue weighted by molar-refractivity contribution is 0.434. The molecule has 4 nitrogen and oxygen atoms in total. The van der Waals surface area contributed by atoms with Gasteiger partial charge in [-0.1, -0.05) is 25.9 Å². The molecule has 0 saturated heterocycles. The van der Waals surface area contributed by atoms with E-state index in [0.29, 0.717) is 17.3 Å². The van der Waals surface area contributed by atoms with Gasteiger partial charge in [0.2, 0.25) is 0 Å². The van der Waals surface area contributed by atoms with Crippen LogP contribution in [0.25, 0.3) is 11.1 Å². The lowest BCUT2D eigenvalue weighted by Gasteiger charge is -2.02. The van der Waals surface area contributed by atoms with E-state index in [1.54, 1.807) is 0 Å². The molecule has 2 aromatic rings. The van der Waals surface area contributed by atoms with Crippen molar-refractivity contribution in [3.05, 3.63) is 17.5 Å². The summed E-state index contributed by atoms with van der Waals surface area (Å²) in [5.41, 5.74) is 9.06. The molecule has 2 rings (SSSR count). The van der Waals surface area contributed by atoms with E-state index in [2.05, 4.69) is 24.0 Å². The molecule has 15 heavy (non-hydrogen) atoms. The third-order valence-electron chi connectivity index (χ3n) is 2.47. The molecule has 0 fully saturated rings. The molecule has 0 spiro atoms. The number of hydrogen-bond acceptors (Lipinski definition) is 4. The van der Waals surface area contributed by atoms with Gasteiger partial charge in [0, 0.05) is 11.4 Å². The number of nitrogens with zero attached hydrogens (tertiary/aromatic N) is 2. The summed E-state index contributed by atoms with van der Waals surface area (Å²) in [5.74, 6) is 0.294. The van der Waals surface area contributed by atoms with Crippen molar-refractivity contribution in [1.29, 1.82) is 0 Å². The van der Waals surface area contributed by atoms with Gasteiger partial charge in [-0.15, -0.1) is 0 Å². The summed E-state index contributed by atoms with van der Waals surface area (Å²) >= 11 is 0. The highest BCUT2D eigenvalue weighted by atomic mass is 16.5. The van der Waals surface area contributed by atoms with Gasteiger partial charge in [-0.25, -0.2) is 4.98 Å². The zero-order valence-corrected chi connectivity index (χ0v) is 9.24. The number of aryl methyl sites for hydroxylation is 1. The second-order valence-electron chi connectivity index (χ2n) is 3.96. The smallest absolute Gasteiger partial charge is 0.260 e. The van der Waals surface area contributed by atoms with Crippen molar-refractivity contribution in [3.63, 3.8) is 0 Å². The lowest BCUT2D eigenvalue weighted by atomic mass is 10.1. The van der Waals surface area contributed by atoms with Gasteiger partial charge in [0.25, 0.3) is 5.71 Å². The summed E-state index contributed by atoms with van der Waals surface area (Å²) in [6.07, 6.45) is 0.845. The molecule has 0 aliphatic rings. The zero-order chi connectivity index (χ0) is 11.0. The van der Waals surface area contributed by atoms with E-state index in [1.807, 2.05) is 13.0 Å². The Kier molecular flexibility index (Phi) is 2.34. The zero-order valence-electron chi connectivity index (χ0n) is 9.24. The Labute approximate surface area is 88.5 Å². The van der Waals surface area contributed by atoms with Crippen LogP contribution in [0.2, 0.25) is 0 Å². The number of anilines is 1. The van der Waals surface area contributed by atoms with Crippen LogP contribution >= 0.6 is 0 Å². The number of hydrogen-bond donors (Lipinski definition) is 1. The van der Waals surface area contributed by atoms with Crippen LogP contribution in [-0.2, 0) is 6.42 Å². The van der Waals surface area contributed by atoms with Gasteiger partial charge in [-0.05, 0) is 18.4 Å². The highest BCUT2D eigenvalue weighted by molar-refractivity contribution is 5.89. The maximum absolute atomic E-state index is 5.98. The van der Waals surface area contributed by atoms with Crippen molar-refractivity contribution in [2.24, 2.45) is 0 Å². The van der Waals surface area contributed by atoms with Crippen LogP contribution in [-0.4, -0.2) is 10.1 Å². The average Bonchev–Trinajstić information content (AvgIpc) is 2.61. The molecule has 0 aromatic carbocycles. The van der Waals surface area contributed by atoms with Crippen LogP contribution in [0.15, 0.2) is 10.6 Å². The van der Waals surface area contributed by atoms with Gasteiger partial charge in [0.1, 0.15) is 0 Å². The van der Waals surface area contributed by atoms with Gasteiger partial charge in [0.05, 0.1) is 11.1 Å². The number of nitrogens with two attached hydrogens (primary N) is 1. The largest absolute Gasteiger partial charge is 0.398 e. The highest BCUT2D eigenvalue weighted by Crippen LogP contribution is 2.28. The third-order valence-corrected chi connectivity index (χ3v) is 2.47. The number of fused-ring (bicyclic) bond motifs is 1. The fourth-order valence-corrected chi connectivity index (χ4v) is 1.63. The highest BCUT2D eigenvalue weighted by Gasteiger charge is 2.15. The minimum Gasteiger partial charge on any atom is -0.398 e. The quantitative estimate of drug-likeness (QED) is 0.818. The SMILES string of the molecule is CCc1cc(N)c2c(C(C)C)noc2n1. The van der Waals surface area contributed by atoms with E-state index in [4.69, 9.17) is 10.3 Å². The first-order valence-corrected chi connectivity index (χ1v) is 5.18. The number of aromatic nitrogens is 2. The second kappa shape index (κ2) is 3.53. The first-order valence-electron chi connectivity index (χ1n) is 5.18. The average molecular weight is 205 g/mol. The van der Waals surface area contributed by atoms with Crippen molar-refractivity contribution < 1.29 is 4.52 Å². The van der Waals surface area contributed by atoms with Crippen LogP contribution in [0, 0.1) is 0 Å². The monoisotopic (exact) mass is 205 g/mol. The van der Waals surface area contributed by atoms with Gasteiger partial charge in [-0.2, -0.15) is 0 Å². The fourth-order valence-electron chi connectivity index (χ4n) is 1.63. The molecule has 0 radical (unpaired) electrons. The number of nitrogen functional groups attached to an aromatic ring is 1. The first-order chi connectivity index (χ1) is 7.13. The fraction of sp³-hybridized carbons (Fsp3) is 0.455. The van der Waals surface area contributed by atoms with Crippen molar-refractivity contribution in [2.75, 3.05) is 5.73 Å². The van der Waals surface area contributed by atoms with Crippen molar-refractivity contribution in [2.45, 2.75) is 33.1 Å². The molecule has 0 unspecified atom stereocenters. The number of pyridine rings is 1. The van der Waals surface area contributed by atoms with Crippen LogP contribution in [0.1, 0.15) is 38.1 Å². The van der Waals surface area contributed by atoms with E-state index in [-0.39, 0.29) is 0 Å². The maximum atomic E-state index is 5.98. The lowest BCUT2D eigenvalue weighted by Crippen LogP contribution is -1.95. The molecule has 80 valence electrons. The Hall–Kier alpha value is -1.58. The molecule has 0 aliphatic heterocycles. The van der Waals surface area contributed by atoms with Crippen LogP contribution in [0.4, 0.5) is 5.69 Å². The molecular weight excluding hydrogens is 190 g/mol. The topological polar surface area (TPSA) is 64.9 Å². The van der Waals surface area contributed by atoms with E-state index in [0.717, 1.165) is 23.2 Å².